The quantitative estimate of drug-likeness (QED) is 0.758. The molecule has 0 amide bonds. The molecular formula is C15H27NO. The molecule has 0 aromatic heterocycles. The lowest BCUT2D eigenvalue weighted by Crippen LogP contribution is -2.48. The van der Waals surface area contributed by atoms with Crippen molar-refractivity contribution in [3.05, 3.63) is 0 Å². The molecule has 0 radical (unpaired) electrons. The van der Waals surface area contributed by atoms with E-state index in [-0.39, 0.29) is 6.10 Å². The summed E-state index contributed by atoms with van der Waals surface area (Å²) in [6, 6.07) is 0.496. The number of aliphatic hydroxyl groups excluding tert-OH is 1. The smallest absolute Gasteiger partial charge is 0.0695 e. The summed E-state index contributed by atoms with van der Waals surface area (Å²) in [6.07, 6.45) is 13.6. The maximum atomic E-state index is 10.0. The first-order chi connectivity index (χ1) is 8.29. The van der Waals surface area contributed by atoms with Crippen molar-refractivity contribution in [1.82, 2.24) is 4.90 Å². The van der Waals surface area contributed by atoms with Crippen molar-refractivity contribution in [2.24, 2.45) is 5.41 Å². The van der Waals surface area contributed by atoms with Gasteiger partial charge >= 0.3 is 0 Å². The third-order valence-corrected chi connectivity index (χ3v) is 5.69. The Bertz CT molecular complexity index is 250. The highest BCUT2D eigenvalue weighted by Gasteiger charge is 2.39. The van der Waals surface area contributed by atoms with Crippen LogP contribution in [-0.4, -0.2) is 35.2 Å². The molecule has 1 heterocycles. The highest BCUT2D eigenvalue weighted by Crippen LogP contribution is 2.45. The van der Waals surface area contributed by atoms with Crippen LogP contribution in [0.4, 0.5) is 0 Å². The molecule has 2 aliphatic carbocycles. The highest BCUT2D eigenvalue weighted by molar-refractivity contribution is 4.93. The third kappa shape index (κ3) is 2.39. The van der Waals surface area contributed by atoms with E-state index in [2.05, 4.69) is 4.90 Å². The van der Waals surface area contributed by atoms with Gasteiger partial charge in [-0.2, -0.15) is 0 Å². The van der Waals surface area contributed by atoms with E-state index in [0.717, 1.165) is 6.42 Å². The lowest BCUT2D eigenvalue weighted by molar-refractivity contribution is 0.00926. The molecule has 2 heteroatoms. The van der Waals surface area contributed by atoms with Gasteiger partial charge in [0.05, 0.1) is 6.10 Å². The Balaban J connectivity index is 1.56. The lowest BCUT2D eigenvalue weighted by atomic mass is 9.68. The van der Waals surface area contributed by atoms with Crippen LogP contribution in [0.2, 0.25) is 0 Å². The second kappa shape index (κ2) is 4.89. The minimum absolute atomic E-state index is 0.0320. The van der Waals surface area contributed by atoms with Crippen LogP contribution in [0.5, 0.6) is 0 Å². The first kappa shape index (κ1) is 12.0. The molecule has 2 atom stereocenters. The fourth-order valence-corrected chi connectivity index (χ4v) is 4.48. The average molecular weight is 237 g/mol. The van der Waals surface area contributed by atoms with Crippen molar-refractivity contribution < 1.29 is 5.11 Å². The molecule has 1 N–H and O–H groups in total. The molecule has 3 fully saturated rings. The number of likely N-dealkylation sites (tertiary alicyclic amines) is 1. The average Bonchev–Trinajstić information content (AvgIpc) is 2.78. The van der Waals surface area contributed by atoms with Gasteiger partial charge < -0.3 is 5.11 Å². The van der Waals surface area contributed by atoms with Gasteiger partial charge in [0.1, 0.15) is 0 Å². The third-order valence-electron chi connectivity index (χ3n) is 5.69. The molecule has 0 bridgehead atoms. The minimum atomic E-state index is -0.0320. The summed E-state index contributed by atoms with van der Waals surface area (Å²) in [7, 11) is 0. The summed E-state index contributed by atoms with van der Waals surface area (Å²) >= 11 is 0. The Morgan fingerprint density at radius 2 is 1.53 bits per heavy atom. The second-order valence-electron chi connectivity index (χ2n) is 6.66. The number of hydrogen-bond acceptors (Lipinski definition) is 2. The van der Waals surface area contributed by atoms with Crippen molar-refractivity contribution in [1.29, 1.82) is 0 Å². The monoisotopic (exact) mass is 237 g/mol. The van der Waals surface area contributed by atoms with Gasteiger partial charge in [0.2, 0.25) is 0 Å². The topological polar surface area (TPSA) is 23.5 Å². The van der Waals surface area contributed by atoms with E-state index in [4.69, 9.17) is 0 Å². The lowest BCUT2D eigenvalue weighted by Gasteiger charge is -2.46. The van der Waals surface area contributed by atoms with E-state index in [1.807, 2.05) is 0 Å². The first-order valence-electron chi connectivity index (χ1n) is 7.71. The molecule has 1 spiro atoms. The molecule has 2 saturated carbocycles. The van der Waals surface area contributed by atoms with Crippen LogP contribution in [0.25, 0.3) is 0 Å². The van der Waals surface area contributed by atoms with E-state index < -0.39 is 0 Å². The molecular weight excluding hydrogens is 210 g/mol. The Hall–Kier alpha value is -0.0800. The van der Waals surface area contributed by atoms with Crippen LogP contribution < -0.4 is 0 Å². The van der Waals surface area contributed by atoms with Gasteiger partial charge in [-0.25, -0.2) is 0 Å². The van der Waals surface area contributed by atoms with E-state index >= 15 is 0 Å². The summed E-state index contributed by atoms with van der Waals surface area (Å²) in [6.45, 7) is 2.50. The largest absolute Gasteiger partial charge is 0.391 e. The Morgan fingerprint density at radius 1 is 0.824 bits per heavy atom. The van der Waals surface area contributed by atoms with Gasteiger partial charge in [-0.15, -0.1) is 0 Å². The van der Waals surface area contributed by atoms with Crippen molar-refractivity contribution in [3.63, 3.8) is 0 Å². The van der Waals surface area contributed by atoms with Crippen molar-refractivity contribution in [2.75, 3.05) is 13.1 Å². The zero-order valence-electron chi connectivity index (χ0n) is 11.0. The molecule has 1 saturated heterocycles. The molecule has 1 aliphatic heterocycles. The number of nitrogens with zero attached hydrogens (tertiary/aromatic N) is 1. The summed E-state index contributed by atoms with van der Waals surface area (Å²) in [5.41, 5.74) is 0.707. The second-order valence-corrected chi connectivity index (χ2v) is 6.66. The SMILES string of the molecule is O[C@@H]1CCC[C@H]1N1CCC2(CCCCC2)CC1. The van der Waals surface area contributed by atoms with E-state index in [9.17, 15) is 5.11 Å². The number of rotatable bonds is 1. The van der Waals surface area contributed by atoms with Crippen LogP contribution in [-0.2, 0) is 0 Å². The van der Waals surface area contributed by atoms with Crippen molar-refractivity contribution in [3.8, 4) is 0 Å². The Morgan fingerprint density at radius 3 is 2.12 bits per heavy atom. The zero-order valence-corrected chi connectivity index (χ0v) is 11.0. The zero-order chi connectivity index (χ0) is 11.7. The van der Waals surface area contributed by atoms with Gasteiger partial charge in [0, 0.05) is 6.04 Å². The fourth-order valence-electron chi connectivity index (χ4n) is 4.48. The normalized spacial score (nSPS) is 38.6. The first-order valence-corrected chi connectivity index (χ1v) is 7.71. The maximum Gasteiger partial charge on any atom is 0.0695 e. The van der Waals surface area contributed by atoms with E-state index in [1.165, 1.54) is 70.9 Å². The molecule has 0 aromatic carbocycles. The van der Waals surface area contributed by atoms with Gasteiger partial charge in [0.25, 0.3) is 0 Å². The molecule has 0 aromatic rings. The van der Waals surface area contributed by atoms with Crippen molar-refractivity contribution >= 4 is 0 Å². The molecule has 3 aliphatic rings. The van der Waals surface area contributed by atoms with Gasteiger partial charge in [-0.3, -0.25) is 4.90 Å². The van der Waals surface area contributed by atoms with Crippen LogP contribution in [0, 0.1) is 5.41 Å². The van der Waals surface area contributed by atoms with Crippen molar-refractivity contribution in [2.45, 2.75) is 76.4 Å². The van der Waals surface area contributed by atoms with E-state index in [0.29, 0.717) is 11.5 Å². The number of hydrogen-bond donors (Lipinski definition) is 1. The van der Waals surface area contributed by atoms with Crippen LogP contribution in [0.15, 0.2) is 0 Å². The van der Waals surface area contributed by atoms with E-state index in [1.54, 1.807) is 0 Å². The predicted octanol–water partition coefficient (Wildman–Crippen LogP) is 2.95. The Kier molecular flexibility index (Phi) is 3.45. The minimum Gasteiger partial charge on any atom is -0.391 e. The maximum absolute atomic E-state index is 10.0. The molecule has 98 valence electrons. The van der Waals surface area contributed by atoms with Gasteiger partial charge in [-0.05, 0) is 63.5 Å². The Labute approximate surface area is 105 Å². The molecule has 17 heavy (non-hydrogen) atoms. The van der Waals surface area contributed by atoms with Gasteiger partial charge in [-0.1, -0.05) is 19.3 Å². The van der Waals surface area contributed by atoms with Crippen LogP contribution in [0.1, 0.15) is 64.2 Å². The number of aliphatic hydroxyl groups is 1. The summed E-state index contributed by atoms with van der Waals surface area (Å²) < 4.78 is 0. The molecule has 3 rings (SSSR count). The van der Waals surface area contributed by atoms with Gasteiger partial charge in [0.15, 0.2) is 0 Å². The molecule has 2 nitrogen and oxygen atoms in total. The summed E-state index contributed by atoms with van der Waals surface area (Å²) in [4.78, 5) is 2.59. The standard InChI is InChI=1S/C15H27NO/c17-14-6-4-5-13(14)16-11-9-15(10-12-16)7-2-1-3-8-15/h13-14,17H,1-12H2/t13-,14-/m1/s1. The summed E-state index contributed by atoms with van der Waals surface area (Å²) in [5.74, 6) is 0. The highest BCUT2D eigenvalue weighted by atomic mass is 16.3. The van der Waals surface area contributed by atoms with Crippen LogP contribution in [0.3, 0.4) is 0 Å². The number of piperidine rings is 1. The summed E-state index contributed by atoms with van der Waals surface area (Å²) in [5, 5.41) is 10.0. The molecule has 0 unspecified atom stereocenters. The predicted molar refractivity (Wildman–Crippen MR) is 70.0 cm³/mol. The van der Waals surface area contributed by atoms with Crippen LogP contribution >= 0.6 is 0 Å². The fraction of sp³-hybridized carbons (Fsp3) is 1.00.